The summed E-state index contributed by atoms with van der Waals surface area (Å²) in [4.78, 5) is 4.24. The fraction of sp³-hybridized carbons (Fsp3) is 0.364. The number of nitrogen functional groups attached to an aromatic ring is 1. The Kier molecular flexibility index (Phi) is 5.69. The second kappa shape index (κ2) is 6.81. The van der Waals surface area contributed by atoms with E-state index in [9.17, 15) is 0 Å². The third-order valence-electron chi connectivity index (χ3n) is 2.08. The van der Waals surface area contributed by atoms with Gasteiger partial charge in [0.1, 0.15) is 5.82 Å². The SMILES string of the molecule is C=CCSCCNc1ncc(N)c(C)c1Br. The summed E-state index contributed by atoms with van der Waals surface area (Å²) in [6.07, 6.45) is 3.59. The molecule has 1 rings (SSSR count). The Morgan fingerprint density at radius 1 is 1.69 bits per heavy atom. The third kappa shape index (κ3) is 3.72. The first-order valence-corrected chi connectivity index (χ1v) is 6.94. The van der Waals surface area contributed by atoms with Crippen LogP contribution in [0.15, 0.2) is 23.3 Å². The van der Waals surface area contributed by atoms with Crippen molar-refractivity contribution in [1.29, 1.82) is 0 Å². The second-order valence-electron chi connectivity index (χ2n) is 3.29. The normalized spacial score (nSPS) is 10.1. The van der Waals surface area contributed by atoms with Crippen LogP contribution in [0.2, 0.25) is 0 Å². The van der Waals surface area contributed by atoms with Crippen LogP contribution >= 0.6 is 27.7 Å². The standard InChI is InChI=1S/C11H16BrN3S/c1-3-5-16-6-4-14-11-10(12)8(2)9(13)7-15-11/h3,7H,1,4-6,13H2,2H3,(H,14,15). The van der Waals surface area contributed by atoms with Crippen LogP contribution in [-0.2, 0) is 0 Å². The Balaban J connectivity index is 2.48. The van der Waals surface area contributed by atoms with Crippen LogP contribution in [-0.4, -0.2) is 23.0 Å². The quantitative estimate of drug-likeness (QED) is 0.626. The largest absolute Gasteiger partial charge is 0.397 e. The number of nitrogens with two attached hydrogens (primary N) is 1. The molecule has 0 atom stereocenters. The van der Waals surface area contributed by atoms with Crippen LogP contribution in [0.5, 0.6) is 0 Å². The number of thioether (sulfide) groups is 1. The van der Waals surface area contributed by atoms with Gasteiger partial charge in [-0.3, -0.25) is 0 Å². The van der Waals surface area contributed by atoms with Crippen molar-refractivity contribution in [1.82, 2.24) is 4.98 Å². The van der Waals surface area contributed by atoms with Gasteiger partial charge in [0.2, 0.25) is 0 Å². The van der Waals surface area contributed by atoms with Crippen molar-refractivity contribution in [2.45, 2.75) is 6.92 Å². The molecule has 0 aliphatic carbocycles. The molecule has 0 saturated carbocycles. The molecule has 0 fully saturated rings. The van der Waals surface area contributed by atoms with Crippen LogP contribution in [0.4, 0.5) is 11.5 Å². The van der Waals surface area contributed by atoms with Crippen LogP contribution in [0.1, 0.15) is 5.56 Å². The van der Waals surface area contributed by atoms with Crippen LogP contribution in [0.3, 0.4) is 0 Å². The van der Waals surface area contributed by atoms with Gasteiger partial charge in [-0.25, -0.2) is 4.98 Å². The monoisotopic (exact) mass is 301 g/mol. The minimum atomic E-state index is 0.707. The summed E-state index contributed by atoms with van der Waals surface area (Å²) in [6, 6.07) is 0. The zero-order valence-corrected chi connectivity index (χ0v) is 11.7. The average molecular weight is 302 g/mol. The van der Waals surface area contributed by atoms with Crippen molar-refractivity contribution in [3.63, 3.8) is 0 Å². The number of pyridine rings is 1. The lowest BCUT2D eigenvalue weighted by atomic mass is 10.2. The Morgan fingerprint density at radius 3 is 3.12 bits per heavy atom. The summed E-state index contributed by atoms with van der Waals surface area (Å²) in [7, 11) is 0. The van der Waals surface area contributed by atoms with Gasteiger partial charge in [-0.2, -0.15) is 11.8 Å². The highest BCUT2D eigenvalue weighted by atomic mass is 79.9. The van der Waals surface area contributed by atoms with Gasteiger partial charge < -0.3 is 11.1 Å². The number of hydrogen-bond acceptors (Lipinski definition) is 4. The second-order valence-corrected chi connectivity index (χ2v) is 5.23. The van der Waals surface area contributed by atoms with E-state index in [1.807, 2.05) is 24.8 Å². The Bertz CT molecular complexity index is 368. The van der Waals surface area contributed by atoms with Crippen molar-refractivity contribution >= 4 is 39.2 Å². The Hall–Kier alpha value is -0.680. The van der Waals surface area contributed by atoms with Crippen LogP contribution in [0.25, 0.3) is 0 Å². The van der Waals surface area contributed by atoms with Gasteiger partial charge >= 0.3 is 0 Å². The maximum absolute atomic E-state index is 5.75. The smallest absolute Gasteiger partial charge is 0.140 e. The van der Waals surface area contributed by atoms with Gasteiger partial charge in [-0.05, 0) is 28.4 Å². The molecule has 0 aliphatic rings. The van der Waals surface area contributed by atoms with E-state index in [0.29, 0.717) is 5.69 Å². The molecule has 5 heteroatoms. The molecule has 3 nitrogen and oxygen atoms in total. The number of halogens is 1. The molecule has 1 aromatic rings. The van der Waals surface area contributed by atoms with Crippen molar-refractivity contribution in [3.05, 3.63) is 28.9 Å². The molecule has 0 amide bonds. The molecule has 16 heavy (non-hydrogen) atoms. The molecular weight excluding hydrogens is 286 g/mol. The van der Waals surface area contributed by atoms with E-state index in [-0.39, 0.29) is 0 Å². The molecule has 88 valence electrons. The van der Waals surface area contributed by atoms with Crippen LogP contribution < -0.4 is 11.1 Å². The minimum Gasteiger partial charge on any atom is -0.397 e. The summed E-state index contributed by atoms with van der Waals surface area (Å²) >= 11 is 5.32. The summed E-state index contributed by atoms with van der Waals surface area (Å²) < 4.78 is 0.946. The minimum absolute atomic E-state index is 0.707. The zero-order chi connectivity index (χ0) is 12.0. The molecule has 1 heterocycles. The predicted molar refractivity (Wildman–Crippen MR) is 77.1 cm³/mol. The molecular formula is C11H16BrN3S. The lowest BCUT2D eigenvalue weighted by Gasteiger charge is -2.10. The molecule has 0 radical (unpaired) electrons. The molecule has 3 N–H and O–H groups in total. The number of nitrogens with zero attached hydrogens (tertiary/aromatic N) is 1. The van der Waals surface area contributed by atoms with E-state index in [1.165, 1.54) is 0 Å². The summed E-state index contributed by atoms with van der Waals surface area (Å²) in [6.45, 7) is 6.53. The first-order chi connectivity index (χ1) is 7.66. The van der Waals surface area contributed by atoms with E-state index in [0.717, 1.165) is 33.9 Å². The van der Waals surface area contributed by atoms with Gasteiger partial charge in [0.05, 0.1) is 16.4 Å². The molecule has 0 spiro atoms. The highest BCUT2D eigenvalue weighted by Gasteiger charge is 2.06. The van der Waals surface area contributed by atoms with Crippen molar-refractivity contribution in [2.24, 2.45) is 0 Å². The number of hydrogen-bond donors (Lipinski definition) is 2. The van der Waals surface area contributed by atoms with Crippen molar-refractivity contribution in [2.75, 3.05) is 29.1 Å². The van der Waals surface area contributed by atoms with Crippen molar-refractivity contribution in [3.8, 4) is 0 Å². The first kappa shape index (κ1) is 13.4. The molecule has 0 aliphatic heterocycles. The zero-order valence-electron chi connectivity index (χ0n) is 9.29. The van der Waals surface area contributed by atoms with Gasteiger partial charge in [0.15, 0.2) is 0 Å². The third-order valence-corrected chi connectivity index (χ3v) is 4.01. The Labute approximate surface area is 109 Å². The van der Waals surface area contributed by atoms with E-state index < -0.39 is 0 Å². The number of aromatic nitrogens is 1. The molecule has 1 aromatic heterocycles. The molecule has 0 saturated heterocycles. The van der Waals surface area contributed by atoms with E-state index in [4.69, 9.17) is 5.73 Å². The van der Waals surface area contributed by atoms with Gasteiger partial charge in [0.25, 0.3) is 0 Å². The molecule has 0 bridgehead atoms. The summed E-state index contributed by atoms with van der Waals surface area (Å²) in [5.74, 6) is 2.87. The maximum atomic E-state index is 5.75. The lowest BCUT2D eigenvalue weighted by Crippen LogP contribution is -2.07. The summed E-state index contributed by atoms with van der Waals surface area (Å²) in [5, 5.41) is 3.27. The fourth-order valence-electron chi connectivity index (χ4n) is 1.12. The Morgan fingerprint density at radius 2 is 2.44 bits per heavy atom. The fourth-order valence-corrected chi connectivity index (χ4v) is 2.17. The number of nitrogens with one attached hydrogen (secondary N) is 1. The van der Waals surface area contributed by atoms with Crippen LogP contribution in [0, 0.1) is 6.92 Å². The highest BCUT2D eigenvalue weighted by molar-refractivity contribution is 9.10. The highest BCUT2D eigenvalue weighted by Crippen LogP contribution is 2.27. The topological polar surface area (TPSA) is 50.9 Å². The van der Waals surface area contributed by atoms with E-state index in [1.54, 1.807) is 6.20 Å². The maximum Gasteiger partial charge on any atom is 0.140 e. The van der Waals surface area contributed by atoms with E-state index in [2.05, 4.69) is 32.8 Å². The van der Waals surface area contributed by atoms with Gasteiger partial charge in [-0.15, -0.1) is 6.58 Å². The summed E-state index contributed by atoms with van der Waals surface area (Å²) in [5.41, 5.74) is 7.48. The van der Waals surface area contributed by atoms with Gasteiger partial charge in [0, 0.05) is 18.1 Å². The predicted octanol–water partition coefficient (Wildman–Crippen LogP) is 3.07. The average Bonchev–Trinajstić information content (AvgIpc) is 2.28. The first-order valence-electron chi connectivity index (χ1n) is 5.00. The van der Waals surface area contributed by atoms with Gasteiger partial charge in [-0.1, -0.05) is 6.08 Å². The molecule has 0 unspecified atom stereocenters. The van der Waals surface area contributed by atoms with E-state index >= 15 is 0 Å². The number of anilines is 2. The lowest BCUT2D eigenvalue weighted by molar-refractivity contribution is 1.15. The molecule has 0 aromatic carbocycles. The number of rotatable bonds is 6. The van der Waals surface area contributed by atoms with Crippen molar-refractivity contribution < 1.29 is 0 Å².